The van der Waals surface area contributed by atoms with Crippen molar-refractivity contribution in [2.45, 2.75) is 36.6 Å². The molecule has 0 amide bonds. The van der Waals surface area contributed by atoms with E-state index in [4.69, 9.17) is 4.74 Å². The van der Waals surface area contributed by atoms with Crippen molar-refractivity contribution in [1.29, 1.82) is 0 Å². The molecule has 3 rings (SSSR count). The van der Waals surface area contributed by atoms with Gasteiger partial charge >= 0.3 is 5.97 Å². The molecule has 0 N–H and O–H groups in total. The van der Waals surface area contributed by atoms with Crippen LogP contribution in [0.2, 0.25) is 0 Å². The fraction of sp³-hybridized carbons (Fsp3) is 0.381. The highest BCUT2D eigenvalue weighted by Gasteiger charge is 2.44. The number of benzene rings is 2. The Kier molecular flexibility index (Phi) is 6.85. The summed E-state index contributed by atoms with van der Waals surface area (Å²) in [4.78, 5) is 12.8. The minimum absolute atomic E-state index is 0.0437. The summed E-state index contributed by atoms with van der Waals surface area (Å²) >= 11 is 0. The average Bonchev–Trinajstić information content (AvgIpc) is 2.74. The maximum Gasteiger partial charge on any atom is 0.325 e. The zero-order chi connectivity index (χ0) is 22.8. The predicted octanol–water partition coefficient (Wildman–Crippen LogP) is 1.93. The maximum atomic E-state index is 13.2. The highest BCUT2D eigenvalue weighted by atomic mass is 32.2. The zero-order valence-corrected chi connectivity index (χ0v) is 19.3. The van der Waals surface area contributed by atoms with Crippen molar-refractivity contribution in [1.82, 2.24) is 8.61 Å². The molecule has 1 aliphatic rings. The Morgan fingerprint density at radius 3 is 1.84 bits per heavy atom. The number of carbonyl (C=O) groups excluding carboxylic acids is 1. The summed E-state index contributed by atoms with van der Waals surface area (Å²) in [5.74, 6) is -0.776. The van der Waals surface area contributed by atoms with E-state index < -0.39 is 32.1 Å². The van der Waals surface area contributed by atoms with Gasteiger partial charge in [0.2, 0.25) is 20.0 Å². The van der Waals surface area contributed by atoms with Crippen molar-refractivity contribution in [2.75, 3.05) is 26.2 Å². The molecule has 31 heavy (non-hydrogen) atoms. The third kappa shape index (κ3) is 4.82. The van der Waals surface area contributed by atoms with Crippen LogP contribution in [0.15, 0.2) is 58.3 Å². The van der Waals surface area contributed by atoms with Crippen LogP contribution in [0.25, 0.3) is 0 Å². The zero-order valence-electron chi connectivity index (χ0n) is 17.7. The summed E-state index contributed by atoms with van der Waals surface area (Å²) in [7, 11) is -7.91. The van der Waals surface area contributed by atoms with E-state index in [-0.39, 0.29) is 36.0 Å². The molecule has 1 fully saturated rings. The summed E-state index contributed by atoms with van der Waals surface area (Å²) in [5, 5.41) is 0. The quantitative estimate of drug-likeness (QED) is 0.603. The first kappa shape index (κ1) is 23.4. The number of ether oxygens (including phenoxy) is 1. The Hall–Kier alpha value is -2.27. The lowest BCUT2D eigenvalue weighted by Gasteiger charge is -2.38. The Balaban J connectivity index is 1.95. The first-order chi connectivity index (χ1) is 14.6. The molecular weight excluding hydrogens is 440 g/mol. The Morgan fingerprint density at radius 2 is 1.35 bits per heavy atom. The molecule has 1 atom stereocenters. The lowest BCUT2D eigenvalue weighted by Crippen LogP contribution is -2.59. The van der Waals surface area contributed by atoms with Crippen molar-refractivity contribution >= 4 is 26.0 Å². The number of esters is 1. The van der Waals surface area contributed by atoms with E-state index in [0.29, 0.717) is 0 Å². The fourth-order valence-electron chi connectivity index (χ4n) is 3.38. The van der Waals surface area contributed by atoms with Crippen LogP contribution < -0.4 is 0 Å². The number of sulfonamides is 2. The molecule has 2 aromatic carbocycles. The molecule has 1 saturated heterocycles. The van der Waals surface area contributed by atoms with Gasteiger partial charge in [-0.05, 0) is 45.0 Å². The van der Waals surface area contributed by atoms with Gasteiger partial charge in [-0.15, -0.1) is 0 Å². The standard InChI is InChI=1S/C21H26N2O6S2/c1-4-29-21(24)20-15-22(30(25,26)18-9-5-16(2)6-10-18)13-14-23(20)31(27,28)19-11-7-17(3)8-12-19/h5-12,20H,4,13-15H2,1-3H3/t20-/m0/s1. The van der Waals surface area contributed by atoms with Crippen LogP contribution in [0.1, 0.15) is 18.1 Å². The highest BCUT2D eigenvalue weighted by Crippen LogP contribution is 2.26. The molecule has 0 aliphatic carbocycles. The van der Waals surface area contributed by atoms with Gasteiger partial charge in [-0.3, -0.25) is 4.79 Å². The first-order valence-electron chi connectivity index (χ1n) is 9.89. The van der Waals surface area contributed by atoms with Crippen LogP contribution in [0.3, 0.4) is 0 Å². The molecule has 8 nitrogen and oxygen atoms in total. The van der Waals surface area contributed by atoms with Crippen LogP contribution in [-0.4, -0.2) is 63.7 Å². The van der Waals surface area contributed by atoms with Crippen LogP contribution in [0.5, 0.6) is 0 Å². The summed E-state index contributed by atoms with van der Waals surface area (Å²) in [6, 6.07) is 11.4. The van der Waals surface area contributed by atoms with Crippen molar-refractivity contribution in [2.24, 2.45) is 0 Å². The van der Waals surface area contributed by atoms with E-state index in [9.17, 15) is 21.6 Å². The van der Waals surface area contributed by atoms with Gasteiger partial charge in [0.15, 0.2) is 0 Å². The third-order valence-electron chi connectivity index (χ3n) is 5.14. The topological polar surface area (TPSA) is 101 Å². The normalized spacial score (nSPS) is 18.6. The van der Waals surface area contributed by atoms with Gasteiger partial charge in [0, 0.05) is 19.6 Å². The Morgan fingerprint density at radius 1 is 0.871 bits per heavy atom. The van der Waals surface area contributed by atoms with Gasteiger partial charge in [-0.2, -0.15) is 8.61 Å². The number of piperazine rings is 1. The third-order valence-corrected chi connectivity index (χ3v) is 8.94. The lowest BCUT2D eigenvalue weighted by molar-refractivity contribution is -0.148. The molecule has 0 bridgehead atoms. The predicted molar refractivity (Wildman–Crippen MR) is 115 cm³/mol. The highest BCUT2D eigenvalue weighted by molar-refractivity contribution is 7.89. The molecule has 1 heterocycles. The molecule has 1 aliphatic heterocycles. The molecule has 168 valence electrons. The van der Waals surface area contributed by atoms with Gasteiger partial charge < -0.3 is 4.74 Å². The minimum atomic E-state index is -4.02. The van der Waals surface area contributed by atoms with E-state index in [0.717, 1.165) is 19.7 Å². The minimum Gasteiger partial charge on any atom is -0.465 e. The second-order valence-electron chi connectivity index (χ2n) is 7.37. The SMILES string of the molecule is CCOC(=O)[C@@H]1CN(S(=O)(=O)c2ccc(C)cc2)CCN1S(=O)(=O)c1ccc(C)cc1. The largest absolute Gasteiger partial charge is 0.465 e. The van der Waals surface area contributed by atoms with E-state index in [2.05, 4.69) is 0 Å². The number of rotatable bonds is 6. The van der Waals surface area contributed by atoms with E-state index in [1.165, 1.54) is 24.3 Å². The van der Waals surface area contributed by atoms with Gasteiger partial charge in [-0.1, -0.05) is 35.4 Å². The van der Waals surface area contributed by atoms with E-state index in [1.54, 1.807) is 31.2 Å². The van der Waals surface area contributed by atoms with Crippen LogP contribution >= 0.6 is 0 Å². The lowest BCUT2D eigenvalue weighted by atomic mass is 10.2. The smallest absolute Gasteiger partial charge is 0.325 e. The molecule has 0 aromatic heterocycles. The number of nitrogens with zero attached hydrogens (tertiary/aromatic N) is 2. The molecule has 2 aromatic rings. The van der Waals surface area contributed by atoms with Crippen LogP contribution in [0, 0.1) is 13.8 Å². The molecular formula is C21H26N2O6S2. The maximum absolute atomic E-state index is 13.2. The first-order valence-corrected chi connectivity index (χ1v) is 12.8. The van der Waals surface area contributed by atoms with Gasteiger partial charge in [-0.25, -0.2) is 16.8 Å². The second kappa shape index (κ2) is 9.07. The van der Waals surface area contributed by atoms with Crippen LogP contribution in [-0.2, 0) is 29.6 Å². The summed E-state index contributed by atoms with van der Waals surface area (Å²) < 4.78 is 59.9. The Bertz CT molecular complexity index is 1140. The van der Waals surface area contributed by atoms with Crippen molar-refractivity contribution < 1.29 is 26.4 Å². The summed E-state index contributed by atoms with van der Waals surface area (Å²) in [5.41, 5.74) is 1.81. The molecule has 10 heteroatoms. The van der Waals surface area contributed by atoms with Gasteiger partial charge in [0.05, 0.1) is 16.4 Å². The van der Waals surface area contributed by atoms with Crippen molar-refractivity contribution in [3.8, 4) is 0 Å². The monoisotopic (exact) mass is 466 g/mol. The van der Waals surface area contributed by atoms with Gasteiger partial charge in [0.25, 0.3) is 0 Å². The number of aryl methyl sites for hydroxylation is 2. The molecule has 0 saturated carbocycles. The van der Waals surface area contributed by atoms with E-state index in [1.807, 2.05) is 13.8 Å². The van der Waals surface area contributed by atoms with Gasteiger partial charge in [0.1, 0.15) is 6.04 Å². The molecule has 0 radical (unpaired) electrons. The van der Waals surface area contributed by atoms with E-state index >= 15 is 0 Å². The van der Waals surface area contributed by atoms with Crippen LogP contribution in [0.4, 0.5) is 0 Å². The summed E-state index contributed by atoms with van der Waals surface area (Å²) in [6.45, 7) is 4.80. The second-order valence-corrected chi connectivity index (χ2v) is 11.2. The number of hydrogen-bond donors (Lipinski definition) is 0. The number of carbonyl (C=O) groups is 1. The molecule has 0 spiro atoms. The summed E-state index contributed by atoms with van der Waals surface area (Å²) in [6.07, 6.45) is 0. The van der Waals surface area contributed by atoms with Crippen molar-refractivity contribution in [3.05, 3.63) is 59.7 Å². The molecule has 0 unspecified atom stereocenters. The Labute approximate surface area is 183 Å². The number of hydrogen-bond acceptors (Lipinski definition) is 6. The fourth-order valence-corrected chi connectivity index (χ4v) is 6.38. The average molecular weight is 467 g/mol. The van der Waals surface area contributed by atoms with Crippen molar-refractivity contribution in [3.63, 3.8) is 0 Å².